The Balaban J connectivity index is 1.43. The van der Waals surface area contributed by atoms with E-state index in [1.54, 1.807) is 12.1 Å². The zero-order chi connectivity index (χ0) is 24.9. The van der Waals surface area contributed by atoms with Crippen molar-refractivity contribution >= 4 is 5.78 Å². The fourth-order valence-electron chi connectivity index (χ4n) is 6.41. The van der Waals surface area contributed by atoms with Gasteiger partial charge in [0.25, 0.3) is 6.43 Å². The summed E-state index contributed by atoms with van der Waals surface area (Å²) in [6.45, 7) is 4.42. The van der Waals surface area contributed by atoms with Gasteiger partial charge in [0.05, 0.1) is 5.56 Å². The van der Waals surface area contributed by atoms with Crippen LogP contribution in [0.25, 0.3) is 11.1 Å². The van der Waals surface area contributed by atoms with Crippen molar-refractivity contribution in [3.05, 3.63) is 58.9 Å². The quantitative estimate of drug-likeness (QED) is 0.341. The van der Waals surface area contributed by atoms with Crippen molar-refractivity contribution in [3.8, 4) is 11.1 Å². The second-order valence-electron chi connectivity index (χ2n) is 11.1. The van der Waals surface area contributed by atoms with Gasteiger partial charge in [-0.1, -0.05) is 69.5 Å². The van der Waals surface area contributed by atoms with Gasteiger partial charge in [-0.15, -0.1) is 0 Å². The number of benzene rings is 2. The topological polar surface area (TPSA) is 17.1 Å². The van der Waals surface area contributed by atoms with Gasteiger partial charge in [0.1, 0.15) is 5.82 Å². The number of carbonyl (C=O) groups excluding carboxylic acids is 1. The number of hydrogen-bond donors (Lipinski definition) is 0. The highest BCUT2D eigenvalue weighted by molar-refractivity contribution is 5.98. The summed E-state index contributed by atoms with van der Waals surface area (Å²) in [5.74, 6) is 1.29. The van der Waals surface area contributed by atoms with Crippen molar-refractivity contribution in [1.29, 1.82) is 0 Å². The van der Waals surface area contributed by atoms with Crippen LogP contribution in [-0.4, -0.2) is 5.78 Å². The zero-order valence-electron chi connectivity index (χ0n) is 21.2. The first-order chi connectivity index (χ1) is 16.9. The largest absolute Gasteiger partial charge is 0.294 e. The van der Waals surface area contributed by atoms with E-state index in [9.17, 15) is 13.6 Å². The minimum Gasteiger partial charge on any atom is -0.294 e. The number of hydrogen-bond acceptors (Lipinski definition) is 1. The third-order valence-electron chi connectivity index (χ3n) is 8.59. The second-order valence-corrected chi connectivity index (χ2v) is 11.1. The maximum atomic E-state index is 15.3. The predicted molar refractivity (Wildman–Crippen MR) is 136 cm³/mol. The summed E-state index contributed by atoms with van der Waals surface area (Å²) < 4.78 is 43.3. The summed E-state index contributed by atoms with van der Waals surface area (Å²) in [4.78, 5) is 13.1. The molecule has 0 unspecified atom stereocenters. The molecule has 2 aromatic carbocycles. The Bertz CT molecular complexity index is 981. The Morgan fingerprint density at radius 1 is 0.886 bits per heavy atom. The lowest BCUT2D eigenvalue weighted by Gasteiger charge is -2.37. The van der Waals surface area contributed by atoms with Crippen molar-refractivity contribution in [1.82, 2.24) is 0 Å². The molecule has 0 radical (unpaired) electrons. The van der Waals surface area contributed by atoms with E-state index < -0.39 is 17.8 Å². The second kappa shape index (κ2) is 11.8. The van der Waals surface area contributed by atoms with Gasteiger partial charge in [-0.2, -0.15) is 0 Å². The fraction of sp³-hybridized carbons (Fsp3) is 0.581. The van der Waals surface area contributed by atoms with Gasteiger partial charge in [-0.05, 0) is 79.7 Å². The average Bonchev–Trinajstić information content (AvgIpc) is 2.85. The zero-order valence-corrected chi connectivity index (χ0v) is 21.2. The summed E-state index contributed by atoms with van der Waals surface area (Å²) >= 11 is 0. The molecule has 35 heavy (non-hydrogen) atoms. The molecular formula is C31H39F3O. The Morgan fingerprint density at radius 2 is 1.49 bits per heavy atom. The van der Waals surface area contributed by atoms with Gasteiger partial charge in [-0.3, -0.25) is 4.79 Å². The first kappa shape index (κ1) is 26.0. The van der Waals surface area contributed by atoms with Crippen LogP contribution in [0.3, 0.4) is 0 Å². The molecule has 0 aliphatic heterocycles. The minimum atomic E-state index is -3.03. The van der Waals surface area contributed by atoms with Crippen molar-refractivity contribution in [2.75, 3.05) is 0 Å². The maximum absolute atomic E-state index is 15.3. The van der Waals surface area contributed by atoms with E-state index >= 15 is 4.39 Å². The van der Waals surface area contributed by atoms with E-state index in [-0.39, 0.29) is 29.2 Å². The molecule has 0 heterocycles. The lowest BCUT2D eigenvalue weighted by atomic mass is 9.69. The highest BCUT2D eigenvalue weighted by Crippen LogP contribution is 2.42. The summed E-state index contributed by atoms with van der Waals surface area (Å²) in [5, 5.41) is 0. The fourth-order valence-corrected chi connectivity index (χ4v) is 6.41. The van der Waals surface area contributed by atoms with Gasteiger partial charge in [0.2, 0.25) is 0 Å². The third-order valence-corrected chi connectivity index (χ3v) is 8.59. The number of rotatable bonds is 8. The highest BCUT2D eigenvalue weighted by Gasteiger charge is 2.32. The van der Waals surface area contributed by atoms with Crippen LogP contribution in [0.5, 0.6) is 0 Å². The molecule has 0 spiro atoms. The smallest absolute Gasteiger partial charge is 0.267 e. The summed E-state index contributed by atoms with van der Waals surface area (Å²) in [5.41, 5.74) is 0.925. The van der Waals surface area contributed by atoms with Gasteiger partial charge in [-0.25, -0.2) is 13.2 Å². The van der Waals surface area contributed by atoms with Gasteiger partial charge in [0, 0.05) is 17.5 Å². The SMILES string of the molecule is CCCc1ccc(-c2ccc(C(=O)CC3CCC(C4CCC(C)CC4)CC3)c(C(F)F)c2F)cc1. The van der Waals surface area contributed by atoms with Crippen LogP contribution in [0.1, 0.15) is 106 Å². The summed E-state index contributed by atoms with van der Waals surface area (Å²) in [7, 11) is 0. The van der Waals surface area contributed by atoms with E-state index in [4.69, 9.17) is 0 Å². The Labute approximate surface area is 208 Å². The average molecular weight is 485 g/mol. The number of ketones is 1. The molecule has 0 saturated heterocycles. The standard InChI is InChI=1S/C31H39F3O/c1-3-4-21-7-15-25(16-8-21)26-17-18-27(29(30(26)32)31(33)34)28(35)19-22-9-13-24(14-10-22)23-11-5-20(2)6-12-23/h7-8,15-18,20,22-24,31H,3-6,9-14,19H2,1-2H3. The molecule has 0 atom stereocenters. The molecular weight excluding hydrogens is 445 g/mol. The molecule has 0 N–H and O–H groups in total. The van der Waals surface area contributed by atoms with Crippen LogP contribution in [0.15, 0.2) is 36.4 Å². The van der Waals surface area contributed by atoms with E-state index in [1.807, 2.05) is 12.1 Å². The molecule has 4 heteroatoms. The Morgan fingerprint density at radius 3 is 2.06 bits per heavy atom. The van der Waals surface area contributed by atoms with Crippen LogP contribution in [0, 0.1) is 29.5 Å². The van der Waals surface area contributed by atoms with E-state index in [0.717, 1.165) is 61.8 Å². The Hall–Kier alpha value is -2.10. The van der Waals surface area contributed by atoms with Crippen molar-refractivity contribution in [3.63, 3.8) is 0 Å². The minimum absolute atomic E-state index is 0.127. The molecule has 0 bridgehead atoms. The molecule has 2 saturated carbocycles. The van der Waals surface area contributed by atoms with Crippen LogP contribution in [-0.2, 0) is 6.42 Å². The molecule has 4 rings (SSSR count). The Kier molecular flexibility index (Phi) is 8.73. The van der Waals surface area contributed by atoms with Crippen LogP contribution >= 0.6 is 0 Å². The van der Waals surface area contributed by atoms with E-state index in [2.05, 4.69) is 13.8 Å². The van der Waals surface area contributed by atoms with Gasteiger partial charge in [0.15, 0.2) is 5.78 Å². The molecule has 2 aromatic rings. The lowest BCUT2D eigenvalue weighted by molar-refractivity contribution is 0.0907. The maximum Gasteiger partial charge on any atom is 0.267 e. The molecule has 1 nitrogen and oxygen atoms in total. The molecule has 2 fully saturated rings. The monoisotopic (exact) mass is 484 g/mol. The number of alkyl halides is 2. The first-order valence-electron chi connectivity index (χ1n) is 13.6. The number of halogens is 3. The molecule has 2 aliphatic rings. The lowest BCUT2D eigenvalue weighted by Crippen LogP contribution is -2.26. The van der Waals surface area contributed by atoms with Crippen molar-refractivity contribution in [2.24, 2.45) is 23.7 Å². The number of Topliss-reactive ketones (excluding diaryl/α,β-unsaturated/α-hetero) is 1. The number of aryl methyl sites for hydroxylation is 1. The van der Waals surface area contributed by atoms with Crippen LogP contribution < -0.4 is 0 Å². The van der Waals surface area contributed by atoms with Crippen molar-refractivity contribution < 1.29 is 18.0 Å². The summed E-state index contributed by atoms with van der Waals surface area (Å²) in [6, 6.07) is 10.3. The van der Waals surface area contributed by atoms with E-state index in [1.165, 1.54) is 37.8 Å². The molecule has 2 aliphatic carbocycles. The van der Waals surface area contributed by atoms with Crippen LogP contribution in [0.2, 0.25) is 0 Å². The predicted octanol–water partition coefficient (Wildman–Crippen LogP) is 9.59. The van der Waals surface area contributed by atoms with Gasteiger partial charge >= 0.3 is 0 Å². The molecule has 0 aromatic heterocycles. The molecule has 190 valence electrons. The first-order valence-corrected chi connectivity index (χ1v) is 13.6. The van der Waals surface area contributed by atoms with Crippen LogP contribution in [0.4, 0.5) is 13.2 Å². The number of carbonyl (C=O) groups is 1. The van der Waals surface area contributed by atoms with Crippen molar-refractivity contribution in [2.45, 2.75) is 90.9 Å². The normalized spacial score (nSPS) is 25.1. The van der Waals surface area contributed by atoms with E-state index in [0.29, 0.717) is 5.56 Å². The molecule has 0 amide bonds. The highest BCUT2D eigenvalue weighted by atomic mass is 19.3. The third kappa shape index (κ3) is 6.19. The van der Waals surface area contributed by atoms with Gasteiger partial charge < -0.3 is 0 Å². The summed E-state index contributed by atoms with van der Waals surface area (Å²) in [6.07, 6.45) is 8.60.